The van der Waals surface area contributed by atoms with Gasteiger partial charge in [-0.3, -0.25) is 0 Å². The van der Waals surface area contributed by atoms with Crippen molar-refractivity contribution in [2.45, 2.75) is 38.5 Å². The first-order chi connectivity index (χ1) is 19.2. The second-order valence-corrected chi connectivity index (χ2v) is 8.68. The molecule has 2 aromatic rings. The fourth-order valence-corrected chi connectivity index (χ4v) is 4.33. The van der Waals surface area contributed by atoms with Crippen LogP contribution in [0.3, 0.4) is 0 Å². The highest BCUT2D eigenvalue weighted by Crippen LogP contribution is 2.40. The smallest absolute Gasteiger partial charge is 0.161 e. The van der Waals surface area contributed by atoms with E-state index in [-0.39, 0.29) is 24.0 Å². The molecule has 7 heteroatoms. The zero-order chi connectivity index (χ0) is 30.8. The molecule has 0 amide bonds. The summed E-state index contributed by atoms with van der Waals surface area (Å²) in [7, 11) is -2.48. The molecule has 0 bridgehead atoms. The molecule has 0 spiro atoms. The van der Waals surface area contributed by atoms with Crippen molar-refractivity contribution in [2.24, 2.45) is 5.92 Å². The SMILES string of the molecule is [3H]C([3H])([3H])Oc1ccc(CCN(CCF)CCC[C@](C#N)(c2ccc(OC)c(OC)c2)C(C)C)cc1OC([3H])([3H])[3H]. The number of nitrogens with zero attached hydrogens (tertiary/aromatic N) is 2. The van der Waals surface area contributed by atoms with Gasteiger partial charge < -0.3 is 23.8 Å². The molecule has 6 nitrogen and oxygen atoms in total. The van der Waals surface area contributed by atoms with Crippen LogP contribution < -0.4 is 18.9 Å². The van der Waals surface area contributed by atoms with E-state index in [1.165, 1.54) is 12.1 Å². The average molecular weight is 499 g/mol. The molecular weight excluding hydrogens is 447 g/mol. The minimum Gasteiger partial charge on any atom is -0.493 e. The van der Waals surface area contributed by atoms with E-state index in [4.69, 9.17) is 27.2 Å². The molecule has 0 fully saturated rings. The monoisotopic (exact) mass is 498 g/mol. The maximum Gasteiger partial charge on any atom is 0.161 e. The molecule has 0 aliphatic carbocycles. The number of methoxy groups -OCH3 is 4. The van der Waals surface area contributed by atoms with E-state index >= 15 is 0 Å². The number of hydrogen-bond donors (Lipinski definition) is 0. The van der Waals surface area contributed by atoms with E-state index in [0.717, 1.165) is 5.56 Å². The van der Waals surface area contributed by atoms with Gasteiger partial charge in [-0.15, -0.1) is 0 Å². The number of alkyl halides is 1. The molecular formula is C28H39FN2O4. The van der Waals surface area contributed by atoms with E-state index in [1.54, 1.807) is 26.4 Å². The Morgan fingerprint density at radius 2 is 1.60 bits per heavy atom. The largest absolute Gasteiger partial charge is 0.493 e. The zero-order valence-corrected chi connectivity index (χ0v) is 20.9. The van der Waals surface area contributed by atoms with Gasteiger partial charge in [0.2, 0.25) is 0 Å². The minimum atomic E-state index is -2.80. The zero-order valence-electron chi connectivity index (χ0n) is 26.9. The third-order valence-electron chi connectivity index (χ3n) is 6.47. The number of hydrogen-bond acceptors (Lipinski definition) is 6. The topological polar surface area (TPSA) is 64.0 Å². The lowest BCUT2D eigenvalue weighted by Crippen LogP contribution is -2.34. The fraction of sp³-hybridized carbons (Fsp3) is 0.536. The lowest BCUT2D eigenvalue weighted by atomic mass is 9.69. The third kappa shape index (κ3) is 7.02. The fourth-order valence-electron chi connectivity index (χ4n) is 4.33. The summed E-state index contributed by atoms with van der Waals surface area (Å²) in [6, 6.07) is 12.4. The minimum absolute atomic E-state index is 0.00694. The highest BCUT2D eigenvalue weighted by molar-refractivity contribution is 5.47. The Kier molecular flexibility index (Phi) is 7.97. The molecule has 1 atom stereocenters. The lowest BCUT2D eigenvalue weighted by molar-refractivity contribution is 0.233. The van der Waals surface area contributed by atoms with Crippen molar-refractivity contribution in [3.63, 3.8) is 0 Å². The molecule has 0 aliphatic rings. The summed E-state index contributed by atoms with van der Waals surface area (Å²) in [4.78, 5) is 1.94. The van der Waals surface area contributed by atoms with Gasteiger partial charge in [-0.05, 0) is 67.1 Å². The molecule has 0 aliphatic heterocycles. The Balaban J connectivity index is 2.17. The van der Waals surface area contributed by atoms with Crippen LogP contribution in [-0.4, -0.2) is 59.5 Å². The number of benzene rings is 2. The standard InChI is InChI=1S/C28H39FN2O4/c1-21(2)28(20-30,23-9-11-25(33-4)27(19-23)35-6)13-7-15-31(17-14-29)16-12-22-8-10-24(32-3)26(18-22)34-5/h8-11,18-19,21H,7,12-17H2,1-6H3/t28-/m1/s1/i3T3,5T3. The highest BCUT2D eigenvalue weighted by atomic mass is 19.1. The van der Waals surface area contributed by atoms with Crippen LogP contribution in [-0.2, 0) is 11.8 Å². The maximum absolute atomic E-state index is 13.4. The number of nitriles is 1. The van der Waals surface area contributed by atoms with Gasteiger partial charge in [0, 0.05) is 13.1 Å². The number of rotatable bonds is 15. The first kappa shape index (κ1) is 20.2. The van der Waals surface area contributed by atoms with Crippen LogP contribution >= 0.6 is 0 Å². The predicted octanol–water partition coefficient (Wildman–Crippen LogP) is 5.43. The Labute approximate surface area is 218 Å². The Bertz CT molecular complexity index is 1170. The molecule has 0 N–H and O–H groups in total. The molecule has 0 aromatic heterocycles. The normalized spacial score (nSPS) is 16.1. The van der Waals surface area contributed by atoms with Gasteiger partial charge in [-0.25, -0.2) is 4.39 Å². The molecule has 0 heterocycles. The van der Waals surface area contributed by atoms with Crippen molar-refractivity contribution < 1.29 is 31.6 Å². The quantitative estimate of drug-likeness (QED) is 0.326. The Hall–Kier alpha value is -2.98. The van der Waals surface area contributed by atoms with Crippen molar-refractivity contribution in [2.75, 3.05) is 54.6 Å². The molecule has 2 rings (SSSR count). The summed E-state index contributed by atoms with van der Waals surface area (Å²) < 4.78 is 78.3. The van der Waals surface area contributed by atoms with Crippen molar-refractivity contribution in [1.82, 2.24) is 4.90 Å². The molecule has 0 unspecified atom stereocenters. The van der Waals surface area contributed by atoms with Gasteiger partial charge in [0.15, 0.2) is 23.0 Å². The number of ether oxygens (including phenoxy) is 4. The molecule has 0 saturated carbocycles. The van der Waals surface area contributed by atoms with E-state index in [1.807, 2.05) is 30.9 Å². The highest BCUT2D eigenvalue weighted by Gasteiger charge is 2.36. The lowest BCUT2D eigenvalue weighted by Gasteiger charge is -2.33. The van der Waals surface area contributed by atoms with Crippen molar-refractivity contribution in [1.29, 1.82) is 5.26 Å². The summed E-state index contributed by atoms with van der Waals surface area (Å²) >= 11 is 0. The molecule has 192 valence electrons. The second-order valence-electron chi connectivity index (χ2n) is 8.68. The van der Waals surface area contributed by atoms with E-state index in [9.17, 15) is 9.65 Å². The number of halogens is 1. The first-order valence-corrected chi connectivity index (χ1v) is 11.6. The van der Waals surface area contributed by atoms with Crippen molar-refractivity contribution in [3.8, 4) is 29.1 Å². The summed E-state index contributed by atoms with van der Waals surface area (Å²) in [6.07, 6.45) is 1.59. The van der Waals surface area contributed by atoms with Gasteiger partial charge in [0.25, 0.3) is 0 Å². The summed E-state index contributed by atoms with van der Waals surface area (Å²) in [6.45, 7) is 4.62. The summed E-state index contributed by atoms with van der Waals surface area (Å²) in [5, 5.41) is 10.3. The van der Waals surface area contributed by atoms with Gasteiger partial charge in [0.1, 0.15) is 6.67 Å². The first-order valence-electron chi connectivity index (χ1n) is 14.6. The van der Waals surface area contributed by atoms with Crippen LogP contribution in [0, 0.1) is 17.2 Å². The summed E-state index contributed by atoms with van der Waals surface area (Å²) in [5.74, 6) is 0.698. The second kappa shape index (κ2) is 13.8. The summed E-state index contributed by atoms with van der Waals surface area (Å²) in [5.41, 5.74) is 0.705. The van der Waals surface area contributed by atoms with E-state index in [0.29, 0.717) is 49.4 Å². The molecule has 0 radical (unpaired) electrons. The Morgan fingerprint density at radius 1 is 0.943 bits per heavy atom. The van der Waals surface area contributed by atoms with Gasteiger partial charge in [-0.2, -0.15) is 5.26 Å². The van der Waals surface area contributed by atoms with Crippen molar-refractivity contribution in [3.05, 3.63) is 47.5 Å². The predicted molar refractivity (Wildman–Crippen MR) is 137 cm³/mol. The van der Waals surface area contributed by atoms with Gasteiger partial charge in [-0.1, -0.05) is 26.0 Å². The molecule has 35 heavy (non-hydrogen) atoms. The van der Waals surface area contributed by atoms with Crippen LogP contribution in [0.5, 0.6) is 23.0 Å². The van der Waals surface area contributed by atoms with Gasteiger partial charge >= 0.3 is 0 Å². The third-order valence-corrected chi connectivity index (χ3v) is 6.47. The van der Waals surface area contributed by atoms with E-state index < -0.39 is 26.2 Å². The van der Waals surface area contributed by atoms with Crippen LogP contribution in [0.25, 0.3) is 0 Å². The van der Waals surface area contributed by atoms with Crippen LogP contribution in [0.4, 0.5) is 4.39 Å². The molecule has 2 aromatic carbocycles. The van der Waals surface area contributed by atoms with Crippen LogP contribution in [0.1, 0.15) is 46.0 Å². The van der Waals surface area contributed by atoms with Crippen LogP contribution in [0.15, 0.2) is 36.4 Å². The van der Waals surface area contributed by atoms with Crippen molar-refractivity contribution >= 4 is 0 Å². The maximum atomic E-state index is 13.4. The molecule has 0 saturated heterocycles. The van der Waals surface area contributed by atoms with Crippen LogP contribution in [0.2, 0.25) is 0 Å². The Morgan fingerprint density at radius 3 is 2.23 bits per heavy atom. The van der Waals surface area contributed by atoms with Gasteiger partial charge in [0.05, 0.1) is 48.0 Å². The van der Waals surface area contributed by atoms with E-state index in [2.05, 4.69) is 6.07 Å². The average Bonchev–Trinajstić information content (AvgIpc) is 2.89.